The van der Waals surface area contributed by atoms with Gasteiger partial charge >= 0.3 is 6.18 Å². The first-order valence-electron chi connectivity index (χ1n) is 9.95. The summed E-state index contributed by atoms with van der Waals surface area (Å²) in [6.07, 6.45) is -1.67. The molecule has 1 fully saturated rings. The van der Waals surface area contributed by atoms with Crippen molar-refractivity contribution in [2.75, 3.05) is 37.3 Å². The Kier molecular flexibility index (Phi) is 6.88. The molecule has 2 heterocycles. The minimum atomic E-state index is -4.46. The maximum atomic E-state index is 13.4. The molecule has 0 bridgehead atoms. The molecular formula is C20H27F3N4O2S. The number of nitrogens with zero attached hydrogens (tertiary/aromatic N) is 2. The number of sulfonamides is 1. The Morgan fingerprint density at radius 3 is 2.70 bits per heavy atom. The van der Waals surface area contributed by atoms with Gasteiger partial charge in [0.1, 0.15) is 0 Å². The van der Waals surface area contributed by atoms with Crippen LogP contribution in [-0.2, 0) is 16.2 Å². The van der Waals surface area contributed by atoms with Gasteiger partial charge in [-0.2, -0.15) is 13.2 Å². The summed E-state index contributed by atoms with van der Waals surface area (Å²) < 4.78 is 65.5. The Labute approximate surface area is 174 Å². The number of fused-ring (bicyclic) bond motifs is 1. The fourth-order valence-electron chi connectivity index (χ4n) is 4.03. The first-order chi connectivity index (χ1) is 14.1. The van der Waals surface area contributed by atoms with Crippen molar-refractivity contribution in [3.05, 3.63) is 36.0 Å². The lowest BCUT2D eigenvalue weighted by molar-refractivity contribution is -0.136. The van der Waals surface area contributed by atoms with E-state index in [9.17, 15) is 21.6 Å². The molecule has 6 nitrogen and oxygen atoms in total. The largest absolute Gasteiger partial charge is 0.418 e. The Bertz CT molecular complexity index is 982. The van der Waals surface area contributed by atoms with Crippen LogP contribution in [0, 0.1) is 5.92 Å². The lowest BCUT2D eigenvalue weighted by Crippen LogP contribution is -2.49. The zero-order valence-corrected chi connectivity index (χ0v) is 17.9. The number of halogens is 3. The maximum Gasteiger partial charge on any atom is 0.418 e. The predicted molar refractivity (Wildman–Crippen MR) is 112 cm³/mol. The smallest absolute Gasteiger partial charge is 0.369 e. The molecule has 2 atom stereocenters. The number of piperidine rings is 1. The summed E-state index contributed by atoms with van der Waals surface area (Å²) in [5.74, 6) is 0.392. The topological polar surface area (TPSA) is 74.3 Å². The minimum Gasteiger partial charge on any atom is -0.369 e. The van der Waals surface area contributed by atoms with Crippen LogP contribution >= 0.6 is 0 Å². The van der Waals surface area contributed by atoms with Crippen molar-refractivity contribution in [1.29, 1.82) is 0 Å². The third-order valence-electron chi connectivity index (χ3n) is 5.39. The molecule has 0 amide bonds. The number of hydrogen-bond donors (Lipinski definition) is 2. The molecule has 1 unspecified atom stereocenters. The number of hydrogen-bond acceptors (Lipinski definition) is 5. The van der Waals surface area contributed by atoms with Crippen LogP contribution in [0.15, 0.2) is 30.5 Å². The maximum absolute atomic E-state index is 13.4. The summed E-state index contributed by atoms with van der Waals surface area (Å²) in [7, 11) is -1.83. The Morgan fingerprint density at radius 2 is 2.00 bits per heavy atom. The van der Waals surface area contributed by atoms with E-state index in [1.165, 1.54) is 19.3 Å². The molecular weight excluding hydrogens is 417 g/mol. The quantitative estimate of drug-likeness (QED) is 0.643. The first-order valence-corrected chi connectivity index (χ1v) is 11.6. The van der Waals surface area contributed by atoms with Gasteiger partial charge < -0.3 is 10.2 Å². The molecule has 0 saturated carbocycles. The van der Waals surface area contributed by atoms with Gasteiger partial charge in [-0.15, -0.1) is 0 Å². The van der Waals surface area contributed by atoms with Gasteiger partial charge in [-0.25, -0.2) is 13.1 Å². The lowest BCUT2D eigenvalue weighted by Gasteiger charge is -2.39. The van der Waals surface area contributed by atoms with Gasteiger partial charge in [0.15, 0.2) is 0 Å². The number of rotatable bonds is 7. The van der Waals surface area contributed by atoms with Crippen LogP contribution in [0.5, 0.6) is 0 Å². The van der Waals surface area contributed by atoms with Crippen LogP contribution in [0.4, 0.5) is 18.9 Å². The highest BCUT2D eigenvalue weighted by atomic mass is 32.2. The van der Waals surface area contributed by atoms with Crippen LogP contribution < -0.4 is 14.9 Å². The van der Waals surface area contributed by atoms with Crippen molar-refractivity contribution in [3.8, 4) is 0 Å². The van der Waals surface area contributed by atoms with Crippen molar-refractivity contribution in [2.45, 2.75) is 32.0 Å². The number of pyridine rings is 1. The van der Waals surface area contributed by atoms with E-state index < -0.39 is 21.8 Å². The summed E-state index contributed by atoms with van der Waals surface area (Å²) in [6.45, 7) is 4.04. The van der Waals surface area contributed by atoms with Crippen molar-refractivity contribution < 1.29 is 21.6 Å². The standard InChI is InChI=1S/C20H27F3N4O2S/c1-14-11-15(25-9-4-10-30(28,29)24-2)13-27(12-14)18-7-6-17(20(21,22)23)19-16(18)5-3-8-26-19/h3,5-8,14-15,24-25H,4,9-13H2,1-2H3/t14-,15?/m0/s1. The van der Waals surface area contributed by atoms with E-state index in [1.54, 1.807) is 12.1 Å². The summed E-state index contributed by atoms with van der Waals surface area (Å²) >= 11 is 0. The molecule has 166 valence electrons. The van der Waals surface area contributed by atoms with E-state index in [0.717, 1.165) is 24.7 Å². The second-order valence-corrected chi connectivity index (χ2v) is 9.85. The monoisotopic (exact) mass is 444 g/mol. The Balaban J connectivity index is 1.76. The van der Waals surface area contributed by atoms with Crippen molar-refractivity contribution in [1.82, 2.24) is 15.0 Å². The van der Waals surface area contributed by atoms with Gasteiger partial charge in [0, 0.05) is 36.4 Å². The van der Waals surface area contributed by atoms with Gasteiger partial charge in [-0.05, 0) is 56.6 Å². The Hall–Kier alpha value is -1.91. The Morgan fingerprint density at radius 1 is 1.23 bits per heavy atom. The van der Waals surface area contributed by atoms with Gasteiger partial charge in [0.2, 0.25) is 10.0 Å². The molecule has 1 aromatic heterocycles. The third-order valence-corrected chi connectivity index (χ3v) is 6.83. The highest BCUT2D eigenvalue weighted by Crippen LogP contribution is 2.38. The van der Waals surface area contributed by atoms with E-state index in [2.05, 4.69) is 26.8 Å². The second kappa shape index (κ2) is 9.07. The van der Waals surface area contributed by atoms with E-state index in [1.807, 2.05) is 0 Å². The molecule has 0 radical (unpaired) electrons. The summed E-state index contributed by atoms with van der Waals surface area (Å²) in [5.41, 5.74) is -0.0305. The minimum absolute atomic E-state index is 0.0393. The van der Waals surface area contributed by atoms with Gasteiger partial charge in [0.05, 0.1) is 16.8 Å². The zero-order chi connectivity index (χ0) is 21.9. The molecule has 1 aromatic carbocycles. The molecule has 0 aliphatic carbocycles. The fourth-order valence-corrected chi connectivity index (χ4v) is 4.76. The molecule has 3 rings (SSSR count). The van der Waals surface area contributed by atoms with Crippen LogP contribution in [0.1, 0.15) is 25.3 Å². The second-order valence-electron chi connectivity index (χ2n) is 7.80. The highest BCUT2D eigenvalue weighted by Gasteiger charge is 2.34. The summed E-state index contributed by atoms with van der Waals surface area (Å²) in [5, 5.41) is 3.89. The molecule has 2 aromatic rings. The number of anilines is 1. The third kappa shape index (κ3) is 5.41. The number of alkyl halides is 3. The normalized spacial score (nSPS) is 20.6. The molecule has 1 aliphatic rings. The molecule has 0 spiro atoms. The van der Waals surface area contributed by atoms with Crippen molar-refractivity contribution in [2.24, 2.45) is 5.92 Å². The van der Waals surface area contributed by atoms with Crippen molar-refractivity contribution in [3.63, 3.8) is 0 Å². The highest BCUT2D eigenvalue weighted by molar-refractivity contribution is 7.89. The first kappa shape index (κ1) is 22.8. The van der Waals surface area contributed by atoms with Crippen LogP contribution in [0.2, 0.25) is 0 Å². The van der Waals surface area contributed by atoms with E-state index in [4.69, 9.17) is 0 Å². The number of aromatic nitrogens is 1. The molecule has 1 aliphatic heterocycles. The lowest BCUT2D eigenvalue weighted by atomic mass is 9.94. The number of benzene rings is 1. The van der Waals surface area contributed by atoms with Crippen LogP contribution in [0.25, 0.3) is 10.9 Å². The zero-order valence-electron chi connectivity index (χ0n) is 17.0. The van der Waals surface area contributed by atoms with Gasteiger partial charge in [0.25, 0.3) is 0 Å². The average Bonchev–Trinajstić information content (AvgIpc) is 2.69. The molecule has 1 saturated heterocycles. The molecule has 10 heteroatoms. The van der Waals surface area contributed by atoms with Crippen molar-refractivity contribution >= 4 is 26.6 Å². The predicted octanol–water partition coefficient (Wildman–Crippen LogP) is 3.00. The summed E-state index contributed by atoms with van der Waals surface area (Å²) in [4.78, 5) is 6.11. The van der Waals surface area contributed by atoms with Crippen LogP contribution in [0.3, 0.4) is 0 Å². The van der Waals surface area contributed by atoms with Gasteiger partial charge in [-0.1, -0.05) is 6.92 Å². The number of nitrogens with one attached hydrogen (secondary N) is 2. The fraction of sp³-hybridized carbons (Fsp3) is 0.550. The van der Waals surface area contributed by atoms with E-state index in [-0.39, 0.29) is 17.3 Å². The van der Waals surface area contributed by atoms with Gasteiger partial charge in [-0.3, -0.25) is 4.98 Å². The summed E-state index contributed by atoms with van der Waals surface area (Å²) in [6, 6.07) is 6.09. The van der Waals surface area contributed by atoms with E-state index >= 15 is 0 Å². The molecule has 2 N–H and O–H groups in total. The van der Waals surface area contributed by atoms with Crippen LogP contribution in [-0.4, -0.2) is 51.9 Å². The average molecular weight is 445 g/mol. The molecule has 30 heavy (non-hydrogen) atoms. The van der Waals surface area contributed by atoms with E-state index in [0.29, 0.717) is 30.8 Å². The SMILES string of the molecule is CNS(=O)(=O)CCCNC1C[C@H](C)CN(c2ccc(C(F)(F)F)c3ncccc23)C1.